The topological polar surface area (TPSA) is 46.3 Å². The maximum absolute atomic E-state index is 10.6. The summed E-state index contributed by atoms with van der Waals surface area (Å²) >= 11 is 1.85. The minimum atomic E-state index is -0.189. The van der Waals surface area contributed by atoms with Crippen LogP contribution >= 0.6 is 11.8 Å². The van der Waals surface area contributed by atoms with Gasteiger partial charge in [0, 0.05) is 24.0 Å². The molecule has 1 aliphatic rings. The van der Waals surface area contributed by atoms with Crippen molar-refractivity contribution in [3.05, 3.63) is 0 Å². The number of hydrogen-bond acceptors (Lipinski definition) is 3. The van der Waals surface area contributed by atoms with E-state index in [0.717, 1.165) is 12.3 Å². The molecule has 82 valence electrons. The average molecular weight is 216 g/mol. The van der Waals surface area contributed by atoms with E-state index < -0.39 is 0 Å². The number of carbonyl (C=O) groups excluding carboxylic acids is 1. The molecule has 1 heterocycles. The van der Waals surface area contributed by atoms with E-state index in [-0.39, 0.29) is 5.91 Å². The number of hydrogen-bond donors (Lipinski definition) is 1. The Morgan fingerprint density at radius 2 is 2.14 bits per heavy atom. The van der Waals surface area contributed by atoms with E-state index in [1.165, 1.54) is 25.9 Å². The molecule has 1 rings (SSSR count). The standard InChI is InChI=1S/C10H20N2OS/c1-9(8-10(11)13)14-7-6-12-4-2-3-5-12/h9H,2-8H2,1H3,(H2,11,13). The molecule has 0 saturated carbocycles. The van der Waals surface area contributed by atoms with E-state index in [1.54, 1.807) is 0 Å². The van der Waals surface area contributed by atoms with Crippen molar-refractivity contribution in [2.45, 2.75) is 31.4 Å². The Kier molecular flexibility index (Phi) is 5.33. The molecule has 1 fully saturated rings. The van der Waals surface area contributed by atoms with E-state index in [1.807, 2.05) is 11.8 Å². The second kappa shape index (κ2) is 6.30. The van der Waals surface area contributed by atoms with Crippen LogP contribution in [0.15, 0.2) is 0 Å². The molecule has 0 aliphatic carbocycles. The molecule has 1 aliphatic heterocycles. The summed E-state index contributed by atoms with van der Waals surface area (Å²) in [5.41, 5.74) is 5.12. The normalized spacial score (nSPS) is 19.8. The van der Waals surface area contributed by atoms with E-state index in [2.05, 4.69) is 11.8 Å². The van der Waals surface area contributed by atoms with Gasteiger partial charge in [0.1, 0.15) is 0 Å². The summed E-state index contributed by atoms with van der Waals surface area (Å²) in [6.45, 7) is 5.74. The molecule has 1 unspecified atom stereocenters. The van der Waals surface area contributed by atoms with Crippen LogP contribution in [0.25, 0.3) is 0 Å². The zero-order valence-corrected chi connectivity index (χ0v) is 9.68. The van der Waals surface area contributed by atoms with E-state index in [0.29, 0.717) is 11.7 Å². The number of amides is 1. The molecule has 0 radical (unpaired) electrons. The van der Waals surface area contributed by atoms with Gasteiger partial charge in [-0.05, 0) is 25.9 Å². The van der Waals surface area contributed by atoms with Gasteiger partial charge in [0.15, 0.2) is 0 Å². The van der Waals surface area contributed by atoms with Crippen molar-refractivity contribution in [1.29, 1.82) is 0 Å². The van der Waals surface area contributed by atoms with Gasteiger partial charge in [0.05, 0.1) is 0 Å². The minimum absolute atomic E-state index is 0.189. The predicted octanol–water partition coefficient (Wildman–Crippen LogP) is 1.08. The van der Waals surface area contributed by atoms with Crippen LogP contribution in [0.1, 0.15) is 26.2 Å². The first-order chi connectivity index (χ1) is 6.68. The van der Waals surface area contributed by atoms with Crippen molar-refractivity contribution in [3.8, 4) is 0 Å². The van der Waals surface area contributed by atoms with Crippen molar-refractivity contribution in [3.63, 3.8) is 0 Å². The molecular formula is C10H20N2OS. The predicted molar refractivity (Wildman–Crippen MR) is 61.4 cm³/mol. The van der Waals surface area contributed by atoms with Crippen LogP contribution < -0.4 is 5.73 Å². The molecule has 2 N–H and O–H groups in total. The number of primary amides is 1. The average Bonchev–Trinajstić information content (AvgIpc) is 2.55. The van der Waals surface area contributed by atoms with E-state index in [9.17, 15) is 4.79 Å². The fourth-order valence-corrected chi connectivity index (χ4v) is 2.78. The van der Waals surface area contributed by atoms with Crippen molar-refractivity contribution < 1.29 is 4.79 Å². The van der Waals surface area contributed by atoms with Gasteiger partial charge < -0.3 is 10.6 Å². The monoisotopic (exact) mass is 216 g/mol. The lowest BCUT2D eigenvalue weighted by Gasteiger charge is -2.15. The van der Waals surface area contributed by atoms with Gasteiger partial charge in [-0.2, -0.15) is 11.8 Å². The van der Waals surface area contributed by atoms with Crippen LogP contribution in [0.2, 0.25) is 0 Å². The fraction of sp³-hybridized carbons (Fsp3) is 0.900. The summed E-state index contributed by atoms with van der Waals surface area (Å²) in [4.78, 5) is 13.1. The number of nitrogens with two attached hydrogens (primary N) is 1. The Labute approximate surface area is 90.4 Å². The van der Waals surface area contributed by atoms with Crippen LogP contribution in [0.3, 0.4) is 0 Å². The largest absolute Gasteiger partial charge is 0.370 e. The highest BCUT2D eigenvalue weighted by atomic mass is 32.2. The van der Waals surface area contributed by atoms with Gasteiger partial charge in [-0.15, -0.1) is 0 Å². The van der Waals surface area contributed by atoms with Gasteiger partial charge in [-0.3, -0.25) is 4.79 Å². The van der Waals surface area contributed by atoms with Gasteiger partial charge in [0.2, 0.25) is 5.91 Å². The number of nitrogens with zero attached hydrogens (tertiary/aromatic N) is 1. The summed E-state index contributed by atoms with van der Waals surface area (Å²) < 4.78 is 0. The smallest absolute Gasteiger partial charge is 0.218 e. The second-order valence-corrected chi connectivity index (χ2v) is 5.45. The number of carbonyl (C=O) groups is 1. The molecule has 1 amide bonds. The number of thioether (sulfide) groups is 1. The molecule has 3 nitrogen and oxygen atoms in total. The Bertz CT molecular complexity index is 181. The van der Waals surface area contributed by atoms with Crippen LogP contribution in [-0.2, 0) is 4.79 Å². The lowest BCUT2D eigenvalue weighted by Crippen LogP contribution is -2.23. The molecule has 0 aromatic heterocycles. The summed E-state index contributed by atoms with van der Waals surface area (Å²) in [6.07, 6.45) is 3.20. The summed E-state index contributed by atoms with van der Waals surface area (Å²) in [7, 11) is 0. The van der Waals surface area contributed by atoms with Gasteiger partial charge in [-0.1, -0.05) is 6.92 Å². The second-order valence-electron chi connectivity index (χ2n) is 3.90. The Morgan fingerprint density at radius 1 is 1.50 bits per heavy atom. The van der Waals surface area contributed by atoms with Crippen molar-refractivity contribution in [2.75, 3.05) is 25.4 Å². The molecule has 0 aromatic rings. The molecule has 0 aromatic carbocycles. The van der Waals surface area contributed by atoms with Gasteiger partial charge in [-0.25, -0.2) is 0 Å². The van der Waals surface area contributed by atoms with Crippen molar-refractivity contribution in [1.82, 2.24) is 4.90 Å². The third-order valence-electron chi connectivity index (χ3n) is 2.50. The SMILES string of the molecule is CC(CC(N)=O)SCCN1CCCC1. The lowest BCUT2D eigenvalue weighted by atomic mass is 10.3. The van der Waals surface area contributed by atoms with E-state index >= 15 is 0 Å². The first kappa shape index (κ1) is 11.9. The molecule has 0 bridgehead atoms. The zero-order valence-electron chi connectivity index (χ0n) is 8.87. The van der Waals surface area contributed by atoms with Crippen LogP contribution in [0, 0.1) is 0 Å². The van der Waals surface area contributed by atoms with Crippen molar-refractivity contribution >= 4 is 17.7 Å². The molecule has 1 atom stereocenters. The Balaban J connectivity index is 1.99. The highest BCUT2D eigenvalue weighted by molar-refractivity contribution is 7.99. The third kappa shape index (κ3) is 4.86. The van der Waals surface area contributed by atoms with Crippen LogP contribution in [0.5, 0.6) is 0 Å². The molecule has 14 heavy (non-hydrogen) atoms. The summed E-state index contributed by atoms with van der Waals surface area (Å²) in [5, 5.41) is 0.370. The zero-order chi connectivity index (χ0) is 10.4. The van der Waals surface area contributed by atoms with Crippen molar-refractivity contribution in [2.24, 2.45) is 5.73 Å². The number of likely N-dealkylation sites (tertiary alicyclic amines) is 1. The summed E-state index contributed by atoms with van der Waals surface area (Å²) in [5.74, 6) is 0.931. The molecule has 0 spiro atoms. The van der Waals surface area contributed by atoms with Gasteiger partial charge >= 0.3 is 0 Å². The molecule has 4 heteroatoms. The highest BCUT2D eigenvalue weighted by Crippen LogP contribution is 2.15. The van der Waals surface area contributed by atoms with Crippen LogP contribution in [-0.4, -0.2) is 41.4 Å². The number of rotatable bonds is 6. The Hall–Kier alpha value is -0.220. The maximum Gasteiger partial charge on any atom is 0.218 e. The molecule has 1 saturated heterocycles. The summed E-state index contributed by atoms with van der Waals surface area (Å²) in [6, 6.07) is 0. The first-order valence-electron chi connectivity index (χ1n) is 5.31. The molecular weight excluding hydrogens is 196 g/mol. The maximum atomic E-state index is 10.6. The van der Waals surface area contributed by atoms with Crippen LogP contribution in [0.4, 0.5) is 0 Å². The quantitative estimate of drug-likeness (QED) is 0.722. The first-order valence-corrected chi connectivity index (χ1v) is 6.35. The lowest BCUT2D eigenvalue weighted by molar-refractivity contribution is -0.117. The Morgan fingerprint density at radius 3 is 2.71 bits per heavy atom. The minimum Gasteiger partial charge on any atom is -0.370 e. The third-order valence-corrected chi connectivity index (χ3v) is 3.65. The van der Waals surface area contributed by atoms with E-state index in [4.69, 9.17) is 5.73 Å². The fourth-order valence-electron chi connectivity index (χ4n) is 1.73. The van der Waals surface area contributed by atoms with Gasteiger partial charge in [0.25, 0.3) is 0 Å². The highest BCUT2D eigenvalue weighted by Gasteiger charge is 2.12.